The first-order valence-electron chi connectivity index (χ1n) is 5.54. The summed E-state index contributed by atoms with van der Waals surface area (Å²) in [5.74, 6) is -1.17. The summed E-state index contributed by atoms with van der Waals surface area (Å²) in [5.41, 5.74) is 0. The molecule has 0 aromatic rings. The number of hydrogen-bond donors (Lipinski definition) is 2. The van der Waals surface area contributed by atoms with Gasteiger partial charge in [-0.15, -0.1) is 6.58 Å². The molecule has 1 amide bonds. The number of carboxylic acids is 1. The first kappa shape index (κ1) is 14.7. The van der Waals surface area contributed by atoms with E-state index in [-0.39, 0.29) is 17.7 Å². The Bertz CT molecular complexity index is 261. The number of carboxylic acid groups (broad SMARTS) is 1. The van der Waals surface area contributed by atoms with Crippen LogP contribution in [0.2, 0.25) is 0 Å². The highest BCUT2D eigenvalue weighted by molar-refractivity contribution is 5.84. The van der Waals surface area contributed by atoms with Crippen LogP contribution in [0.3, 0.4) is 0 Å². The summed E-state index contributed by atoms with van der Waals surface area (Å²) in [4.78, 5) is 22.5. The maximum atomic E-state index is 11.7. The maximum absolute atomic E-state index is 11.7. The van der Waals surface area contributed by atoms with E-state index in [0.717, 1.165) is 0 Å². The molecule has 0 aliphatic rings. The number of amides is 1. The van der Waals surface area contributed by atoms with Crippen LogP contribution in [-0.2, 0) is 9.59 Å². The fourth-order valence-corrected chi connectivity index (χ4v) is 1.15. The van der Waals surface area contributed by atoms with Gasteiger partial charge in [-0.3, -0.25) is 4.79 Å². The van der Waals surface area contributed by atoms with Gasteiger partial charge in [0.05, 0.1) is 0 Å². The Kier molecular flexibility index (Phi) is 6.46. The van der Waals surface area contributed by atoms with Crippen molar-refractivity contribution in [1.82, 2.24) is 5.32 Å². The molecule has 2 N–H and O–H groups in total. The maximum Gasteiger partial charge on any atom is 0.326 e. The molecule has 2 unspecified atom stereocenters. The van der Waals surface area contributed by atoms with Crippen molar-refractivity contribution in [3.63, 3.8) is 0 Å². The third kappa shape index (κ3) is 4.96. The van der Waals surface area contributed by atoms with Crippen molar-refractivity contribution >= 4 is 11.9 Å². The van der Waals surface area contributed by atoms with Crippen LogP contribution in [-0.4, -0.2) is 23.0 Å². The minimum Gasteiger partial charge on any atom is -0.480 e. The second-order valence-electron chi connectivity index (χ2n) is 4.30. The van der Waals surface area contributed by atoms with Crippen molar-refractivity contribution in [2.45, 2.75) is 39.7 Å². The van der Waals surface area contributed by atoms with Gasteiger partial charge in [0.25, 0.3) is 0 Å². The SMILES string of the molecule is C=CCCC(NC(=O)C(C)C(C)C)C(=O)O. The molecule has 0 rings (SSSR count). The number of carbonyl (C=O) groups is 2. The van der Waals surface area contributed by atoms with E-state index in [9.17, 15) is 9.59 Å². The minimum absolute atomic E-state index is 0.175. The van der Waals surface area contributed by atoms with Crippen LogP contribution >= 0.6 is 0 Å². The fraction of sp³-hybridized carbons (Fsp3) is 0.667. The molecule has 0 aromatic carbocycles. The standard InChI is InChI=1S/C12H21NO3/c1-5-6-7-10(12(15)16)13-11(14)9(4)8(2)3/h5,8-10H,1,6-7H2,2-4H3,(H,13,14)(H,15,16). The average Bonchev–Trinajstić information content (AvgIpc) is 2.21. The van der Waals surface area contributed by atoms with Crippen LogP contribution in [0.4, 0.5) is 0 Å². The molecular formula is C12H21NO3. The molecular weight excluding hydrogens is 206 g/mol. The van der Waals surface area contributed by atoms with E-state index in [1.54, 1.807) is 13.0 Å². The van der Waals surface area contributed by atoms with Gasteiger partial charge in [-0.05, 0) is 18.8 Å². The average molecular weight is 227 g/mol. The second-order valence-corrected chi connectivity index (χ2v) is 4.30. The van der Waals surface area contributed by atoms with E-state index in [1.165, 1.54) is 0 Å². The predicted octanol–water partition coefficient (Wildman–Crippen LogP) is 1.81. The van der Waals surface area contributed by atoms with Crippen LogP contribution < -0.4 is 5.32 Å². The smallest absolute Gasteiger partial charge is 0.326 e. The van der Waals surface area contributed by atoms with Crippen LogP contribution in [0.25, 0.3) is 0 Å². The fourth-order valence-electron chi connectivity index (χ4n) is 1.15. The van der Waals surface area contributed by atoms with Crippen LogP contribution in [0.5, 0.6) is 0 Å². The van der Waals surface area contributed by atoms with Crippen molar-refractivity contribution in [3.8, 4) is 0 Å². The molecule has 4 nitrogen and oxygen atoms in total. The number of allylic oxidation sites excluding steroid dienone is 1. The molecule has 0 fully saturated rings. The summed E-state index contributed by atoms with van der Waals surface area (Å²) in [6.45, 7) is 9.20. The molecule has 4 heteroatoms. The summed E-state index contributed by atoms with van der Waals surface area (Å²) >= 11 is 0. The number of carbonyl (C=O) groups excluding carboxylic acids is 1. The second kappa shape index (κ2) is 7.04. The quantitative estimate of drug-likeness (QED) is 0.652. The van der Waals surface area contributed by atoms with E-state index in [1.807, 2.05) is 13.8 Å². The highest BCUT2D eigenvalue weighted by Gasteiger charge is 2.23. The Morgan fingerprint density at radius 1 is 1.38 bits per heavy atom. The number of rotatable bonds is 7. The third-order valence-electron chi connectivity index (χ3n) is 2.69. The highest BCUT2D eigenvalue weighted by atomic mass is 16.4. The zero-order chi connectivity index (χ0) is 12.7. The number of hydrogen-bond acceptors (Lipinski definition) is 2. The van der Waals surface area contributed by atoms with Crippen LogP contribution in [0.15, 0.2) is 12.7 Å². The third-order valence-corrected chi connectivity index (χ3v) is 2.69. The molecule has 2 atom stereocenters. The molecule has 0 bridgehead atoms. The van der Waals surface area contributed by atoms with Gasteiger partial charge in [0, 0.05) is 5.92 Å². The van der Waals surface area contributed by atoms with Gasteiger partial charge in [-0.1, -0.05) is 26.8 Å². The summed E-state index contributed by atoms with van der Waals surface area (Å²) in [6, 6.07) is -0.813. The summed E-state index contributed by atoms with van der Waals surface area (Å²) in [6.07, 6.45) is 2.61. The lowest BCUT2D eigenvalue weighted by atomic mass is 9.96. The normalized spacial score (nSPS) is 14.2. The molecule has 0 aliphatic heterocycles. The van der Waals surface area contributed by atoms with Crippen molar-refractivity contribution < 1.29 is 14.7 Å². The lowest BCUT2D eigenvalue weighted by molar-refractivity contribution is -0.142. The molecule has 0 aliphatic carbocycles. The Balaban J connectivity index is 4.33. The molecule has 16 heavy (non-hydrogen) atoms. The summed E-state index contributed by atoms with van der Waals surface area (Å²) in [7, 11) is 0. The molecule has 0 spiro atoms. The van der Waals surface area contributed by atoms with Gasteiger partial charge in [-0.25, -0.2) is 4.79 Å². The predicted molar refractivity (Wildman–Crippen MR) is 63.0 cm³/mol. The zero-order valence-electron chi connectivity index (χ0n) is 10.2. The highest BCUT2D eigenvalue weighted by Crippen LogP contribution is 2.10. The summed E-state index contributed by atoms with van der Waals surface area (Å²) in [5, 5.41) is 11.5. The van der Waals surface area contributed by atoms with Gasteiger partial charge in [0.2, 0.25) is 5.91 Å². The van der Waals surface area contributed by atoms with E-state index in [4.69, 9.17) is 5.11 Å². The van der Waals surface area contributed by atoms with Crippen molar-refractivity contribution in [1.29, 1.82) is 0 Å². The number of aliphatic carboxylic acids is 1. The Morgan fingerprint density at radius 3 is 2.31 bits per heavy atom. The molecule has 0 saturated heterocycles. The Hall–Kier alpha value is -1.32. The first-order valence-corrected chi connectivity index (χ1v) is 5.54. The monoisotopic (exact) mass is 227 g/mol. The topological polar surface area (TPSA) is 66.4 Å². The van der Waals surface area contributed by atoms with Crippen molar-refractivity contribution in [2.24, 2.45) is 11.8 Å². The Morgan fingerprint density at radius 2 is 1.94 bits per heavy atom. The largest absolute Gasteiger partial charge is 0.480 e. The van der Waals surface area contributed by atoms with Crippen molar-refractivity contribution in [2.75, 3.05) is 0 Å². The van der Waals surface area contributed by atoms with E-state index >= 15 is 0 Å². The van der Waals surface area contributed by atoms with Gasteiger partial charge in [0.1, 0.15) is 6.04 Å². The molecule has 0 radical (unpaired) electrons. The van der Waals surface area contributed by atoms with E-state index in [2.05, 4.69) is 11.9 Å². The van der Waals surface area contributed by atoms with Gasteiger partial charge < -0.3 is 10.4 Å². The molecule has 0 heterocycles. The lowest BCUT2D eigenvalue weighted by Crippen LogP contribution is -2.44. The number of nitrogens with one attached hydrogen (secondary N) is 1. The molecule has 92 valence electrons. The van der Waals surface area contributed by atoms with Gasteiger partial charge in [-0.2, -0.15) is 0 Å². The lowest BCUT2D eigenvalue weighted by Gasteiger charge is -2.19. The van der Waals surface area contributed by atoms with Gasteiger partial charge in [0.15, 0.2) is 0 Å². The summed E-state index contributed by atoms with van der Waals surface area (Å²) < 4.78 is 0. The van der Waals surface area contributed by atoms with E-state index < -0.39 is 12.0 Å². The van der Waals surface area contributed by atoms with Crippen LogP contribution in [0, 0.1) is 11.8 Å². The van der Waals surface area contributed by atoms with E-state index in [0.29, 0.717) is 12.8 Å². The minimum atomic E-state index is -0.994. The first-order chi connectivity index (χ1) is 7.40. The zero-order valence-corrected chi connectivity index (χ0v) is 10.2. The Labute approximate surface area is 96.7 Å². The van der Waals surface area contributed by atoms with Crippen LogP contribution in [0.1, 0.15) is 33.6 Å². The van der Waals surface area contributed by atoms with Gasteiger partial charge >= 0.3 is 5.97 Å². The molecule has 0 aromatic heterocycles. The van der Waals surface area contributed by atoms with Crippen molar-refractivity contribution in [3.05, 3.63) is 12.7 Å². The molecule has 0 saturated carbocycles.